The Bertz CT molecular complexity index is 693. The molecular weight excluding hydrogens is 359 g/mol. The second-order valence-electron chi connectivity index (χ2n) is 5.78. The van der Waals surface area contributed by atoms with Gasteiger partial charge in [-0.25, -0.2) is 4.79 Å². The smallest absolute Gasteiger partial charge is 0.419 e. The number of aliphatic carboxylic acids is 1. The molecule has 1 aromatic rings. The number of rotatable bonds is 6. The van der Waals surface area contributed by atoms with Gasteiger partial charge in [-0.3, -0.25) is 4.79 Å². The Hall–Kier alpha value is -2.49. The van der Waals surface area contributed by atoms with E-state index in [0.717, 1.165) is 4.90 Å². The van der Waals surface area contributed by atoms with Crippen molar-refractivity contribution in [2.75, 3.05) is 26.3 Å². The second kappa shape index (κ2) is 7.40. The summed E-state index contributed by atoms with van der Waals surface area (Å²) in [5.41, 5.74) is -2.88. The molecule has 0 aromatic heterocycles. The van der Waals surface area contributed by atoms with E-state index < -0.39 is 43.2 Å². The molecule has 1 unspecified atom stereocenters. The largest absolute Gasteiger partial charge is 0.490 e. The van der Waals surface area contributed by atoms with Crippen LogP contribution in [-0.4, -0.2) is 65.1 Å². The maximum Gasteiger partial charge on any atom is 0.419 e. The van der Waals surface area contributed by atoms with E-state index in [1.54, 1.807) is 6.92 Å². The van der Waals surface area contributed by atoms with Gasteiger partial charge in [0.15, 0.2) is 23.7 Å². The average molecular weight is 377 g/mol. The van der Waals surface area contributed by atoms with Crippen molar-refractivity contribution in [3.05, 3.63) is 23.8 Å². The first kappa shape index (κ1) is 19.8. The zero-order valence-electron chi connectivity index (χ0n) is 13.9. The Morgan fingerprint density at radius 2 is 1.96 bits per heavy atom. The van der Waals surface area contributed by atoms with Crippen LogP contribution in [0.15, 0.2) is 18.2 Å². The van der Waals surface area contributed by atoms with Gasteiger partial charge in [-0.1, -0.05) is 0 Å². The van der Waals surface area contributed by atoms with E-state index in [2.05, 4.69) is 0 Å². The Labute approximate surface area is 146 Å². The number of β-amino-alcohol motifs (C(OH)–C–C–N with tert-alkyl or cyclic N) is 1. The van der Waals surface area contributed by atoms with E-state index in [0.29, 0.717) is 0 Å². The SMILES string of the molecule is CCOc1cc(C(=O)N2CCC(O)(C(F)(F)F)C2)ccc1OCC(=O)O. The lowest BCUT2D eigenvalue weighted by molar-refractivity contribution is -0.253. The van der Waals surface area contributed by atoms with Crippen molar-refractivity contribution in [2.45, 2.75) is 25.1 Å². The Morgan fingerprint density at radius 1 is 1.27 bits per heavy atom. The minimum absolute atomic E-state index is 0.0440. The van der Waals surface area contributed by atoms with Crippen LogP contribution in [0.5, 0.6) is 11.5 Å². The van der Waals surface area contributed by atoms with Crippen LogP contribution in [0.3, 0.4) is 0 Å². The Morgan fingerprint density at radius 3 is 2.50 bits per heavy atom. The highest BCUT2D eigenvalue weighted by molar-refractivity contribution is 5.95. The molecule has 0 aliphatic carbocycles. The van der Waals surface area contributed by atoms with E-state index in [9.17, 15) is 27.9 Å². The maximum absolute atomic E-state index is 12.9. The molecule has 0 radical (unpaired) electrons. The number of carboxylic acid groups (broad SMARTS) is 1. The van der Waals surface area contributed by atoms with Crippen LogP contribution in [0.25, 0.3) is 0 Å². The summed E-state index contributed by atoms with van der Waals surface area (Å²) >= 11 is 0. The first-order chi connectivity index (χ1) is 12.1. The standard InChI is InChI=1S/C16H18F3NO6/c1-2-25-12-7-10(3-4-11(12)26-8-13(21)22)14(23)20-6-5-15(24,9-20)16(17,18)19/h3-4,7,24H,2,5-6,8-9H2,1H3,(H,21,22). The molecule has 2 rings (SSSR count). The summed E-state index contributed by atoms with van der Waals surface area (Å²) in [7, 11) is 0. The van der Waals surface area contributed by atoms with Gasteiger partial charge in [-0.2, -0.15) is 13.2 Å². The van der Waals surface area contributed by atoms with Crippen LogP contribution in [-0.2, 0) is 4.79 Å². The Balaban J connectivity index is 2.19. The predicted octanol–water partition coefficient (Wildman–Crippen LogP) is 1.69. The van der Waals surface area contributed by atoms with E-state index >= 15 is 0 Å². The predicted molar refractivity (Wildman–Crippen MR) is 82.3 cm³/mol. The topological polar surface area (TPSA) is 96.3 Å². The highest BCUT2D eigenvalue weighted by Crippen LogP contribution is 2.38. The summed E-state index contributed by atoms with van der Waals surface area (Å²) in [6.45, 7) is 0.169. The maximum atomic E-state index is 12.9. The lowest BCUT2D eigenvalue weighted by Crippen LogP contribution is -2.48. The fourth-order valence-electron chi connectivity index (χ4n) is 2.55. The molecule has 0 spiro atoms. The van der Waals surface area contributed by atoms with Gasteiger partial charge < -0.3 is 24.6 Å². The van der Waals surface area contributed by atoms with Gasteiger partial charge in [-0.15, -0.1) is 0 Å². The zero-order chi connectivity index (χ0) is 19.5. The van der Waals surface area contributed by atoms with Crippen LogP contribution in [0.2, 0.25) is 0 Å². The monoisotopic (exact) mass is 377 g/mol. The third kappa shape index (κ3) is 4.18. The first-order valence-electron chi connectivity index (χ1n) is 7.77. The van der Waals surface area contributed by atoms with Crippen LogP contribution in [0, 0.1) is 0 Å². The zero-order valence-corrected chi connectivity index (χ0v) is 13.9. The van der Waals surface area contributed by atoms with Crippen molar-refractivity contribution < 1.29 is 42.4 Å². The van der Waals surface area contributed by atoms with E-state index in [1.165, 1.54) is 18.2 Å². The van der Waals surface area contributed by atoms with Gasteiger partial charge in [0.05, 0.1) is 13.2 Å². The van der Waals surface area contributed by atoms with Gasteiger partial charge in [0.1, 0.15) is 0 Å². The summed E-state index contributed by atoms with van der Waals surface area (Å²) in [6, 6.07) is 3.88. The number of carbonyl (C=O) groups is 2. The third-order valence-corrected chi connectivity index (χ3v) is 3.90. The molecule has 1 amide bonds. The summed E-state index contributed by atoms with van der Waals surface area (Å²) in [5.74, 6) is -1.70. The minimum atomic E-state index is -4.83. The molecule has 26 heavy (non-hydrogen) atoms. The molecule has 1 heterocycles. The molecule has 1 aliphatic rings. The van der Waals surface area contributed by atoms with Gasteiger partial charge >= 0.3 is 12.1 Å². The molecule has 1 saturated heterocycles. The van der Waals surface area contributed by atoms with E-state index in [1.807, 2.05) is 0 Å². The van der Waals surface area contributed by atoms with Crippen molar-refractivity contribution >= 4 is 11.9 Å². The summed E-state index contributed by atoms with van der Waals surface area (Å²) < 4.78 is 49.0. The Kier molecular flexibility index (Phi) is 5.65. The number of amides is 1. The number of likely N-dealkylation sites (tertiary alicyclic amines) is 1. The number of alkyl halides is 3. The quantitative estimate of drug-likeness (QED) is 0.783. The van der Waals surface area contributed by atoms with Gasteiger partial charge in [0, 0.05) is 18.5 Å². The highest BCUT2D eigenvalue weighted by Gasteiger charge is 2.57. The number of hydrogen-bond acceptors (Lipinski definition) is 5. The average Bonchev–Trinajstić information content (AvgIpc) is 2.96. The molecule has 2 N–H and O–H groups in total. The number of benzene rings is 1. The molecule has 7 nitrogen and oxygen atoms in total. The fourth-order valence-corrected chi connectivity index (χ4v) is 2.55. The van der Waals surface area contributed by atoms with E-state index in [4.69, 9.17) is 14.6 Å². The van der Waals surface area contributed by atoms with Crippen molar-refractivity contribution in [1.82, 2.24) is 4.90 Å². The molecule has 1 aliphatic heterocycles. The summed E-state index contributed by atoms with van der Waals surface area (Å²) in [6.07, 6.45) is -5.42. The number of aliphatic hydroxyl groups is 1. The number of carbonyl (C=O) groups excluding carboxylic acids is 1. The minimum Gasteiger partial charge on any atom is -0.490 e. The highest BCUT2D eigenvalue weighted by atomic mass is 19.4. The molecule has 10 heteroatoms. The molecule has 1 fully saturated rings. The molecule has 0 saturated carbocycles. The van der Waals surface area contributed by atoms with Crippen LogP contribution >= 0.6 is 0 Å². The number of hydrogen-bond donors (Lipinski definition) is 2. The second-order valence-corrected chi connectivity index (χ2v) is 5.78. The molecule has 1 atom stereocenters. The van der Waals surface area contributed by atoms with Crippen molar-refractivity contribution in [1.29, 1.82) is 0 Å². The number of ether oxygens (including phenoxy) is 2. The van der Waals surface area contributed by atoms with Crippen molar-refractivity contribution in [3.63, 3.8) is 0 Å². The number of carboxylic acids is 1. The summed E-state index contributed by atoms with van der Waals surface area (Å²) in [4.78, 5) is 24.0. The molecule has 144 valence electrons. The lowest BCUT2D eigenvalue weighted by Gasteiger charge is -2.26. The fraction of sp³-hybridized carbons (Fsp3) is 0.500. The van der Waals surface area contributed by atoms with Gasteiger partial charge in [0.25, 0.3) is 5.91 Å². The van der Waals surface area contributed by atoms with E-state index in [-0.39, 0.29) is 30.2 Å². The normalized spacial score (nSPS) is 20.1. The lowest BCUT2D eigenvalue weighted by atomic mass is 10.0. The van der Waals surface area contributed by atoms with Gasteiger partial charge in [0.2, 0.25) is 0 Å². The molecular formula is C16H18F3NO6. The molecule has 0 bridgehead atoms. The molecule has 1 aromatic carbocycles. The van der Waals surface area contributed by atoms with Crippen LogP contribution in [0.4, 0.5) is 13.2 Å². The summed E-state index contributed by atoms with van der Waals surface area (Å²) in [5, 5.41) is 18.3. The van der Waals surface area contributed by atoms with Crippen molar-refractivity contribution in [3.8, 4) is 11.5 Å². The third-order valence-electron chi connectivity index (χ3n) is 3.90. The van der Waals surface area contributed by atoms with Crippen LogP contribution < -0.4 is 9.47 Å². The van der Waals surface area contributed by atoms with Crippen LogP contribution in [0.1, 0.15) is 23.7 Å². The van der Waals surface area contributed by atoms with Crippen molar-refractivity contribution in [2.24, 2.45) is 0 Å². The first-order valence-corrected chi connectivity index (χ1v) is 7.77. The number of halogens is 3. The number of nitrogens with zero attached hydrogens (tertiary/aromatic N) is 1. The van der Waals surface area contributed by atoms with Gasteiger partial charge in [-0.05, 0) is 25.1 Å².